The van der Waals surface area contributed by atoms with Gasteiger partial charge in [0.05, 0.1) is 0 Å². The number of carbonyl (C=O) groups excluding carboxylic acids is 1. The highest BCUT2D eigenvalue weighted by Gasteiger charge is 1.92. The largest absolute Gasteiger partial charge is 0.357 e. The van der Waals surface area contributed by atoms with Crippen LogP contribution in [0, 0.1) is 0 Å². The van der Waals surface area contributed by atoms with E-state index in [0.29, 0.717) is 0 Å². The van der Waals surface area contributed by atoms with Gasteiger partial charge in [0.25, 0.3) is 0 Å². The Morgan fingerprint density at radius 3 is 2.33 bits per heavy atom. The molecule has 0 aromatic rings. The molecule has 74 valence electrons. The van der Waals surface area contributed by atoms with Gasteiger partial charge in [0.1, 0.15) is 0 Å². The predicted molar refractivity (Wildman–Crippen MR) is 53.2 cm³/mol. The van der Waals surface area contributed by atoms with Crippen LogP contribution in [0.5, 0.6) is 0 Å². The third kappa shape index (κ3) is 12.1. The van der Waals surface area contributed by atoms with Gasteiger partial charge in [-0.3, -0.25) is 4.79 Å². The fourth-order valence-corrected chi connectivity index (χ4v) is 0.808. The lowest BCUT2D eigenvalue weighted by Gasteiger charge is -2.13. The van der Waals surface area contributed by atoms with Crippen molar-refractivity contribution in [1.82, 2.24) is 10.2 Å². The van der Waals surface area contributed by atoms with E-state index in [1.54, 1.807) is 0 Å². The average molecular weight is 174 g/mol. The Balaban J connectivity index is 0. The van der Waals surface area contributed by atoms with E-state index in [4.69, 9.17) is 0 Å². The molecule has 0 radical (unpaired) electrons. The number of nitrogens with zero attached hydrogens (tertiary/aromatic N) is 1. The van der Waals surface area contributed by atoms with E-state index < -0.39 is 0 Å². The SMILES string of the molecule is CC.CCCN(C)CCNC=O. The van der Waals surface area contributed by atoms with Crippen LogP contribution in [-0.2, 0) is 4.79 Å². The summed E-state index contributed by atoms with van der Waals surface area (Å²) in [6.07, 6.45) is 1.90. The predicted octanol–water partition coefficient (Wildman–Crippen LogP) is 1.10. The Morgan fingerprint density at radius 2 is 1.92 bits per heavy atom. The van der Waals surface area contributed by atoms with Crippen molar-refractivity contribution < 1.29 is 4.79 Å². The van der Waals surface area contributed by atoms with Crippen molar-refractivity contribution >= 4 is 6.41 Å². The number of likely N-dealkylation sites (N-methyl/N-ethyl adjacent to an activating group) is 1. The summed E-state index contributed by atoms with van der Waals surface area (Å²) in [6, 6.07) is 0. The molecule has 3 heteroatoms. The van der Waals surface area contributed by atoms with Crippen molar-refractivity contribution in [3.05, 3.63) is 0 Å². The standard InChI is InChI=1S/C7H16N2O.C2H6/c1-3-5-9(2)6-4-8-7-10;1-2/h7H,3-6H2,1-2H3,(H,8,10);1-2H3. The van der Waals surface area contributed by atoms with Gasteiger partial charge in [0.15, 0.2) is 0 Å². The average Bonchev–Trinajstić information content (AvgIpc) is 2.09. The molecule has 0 bridgehead atoms. The molecule has 0 rings (SSSR count). The summed E-state index contributed by atoms with van der Waals surface area (Å²) >= 11 is 0. The van der Waals surface area contributed by atoms with Gasteiger partial charge in [-0.15, -0.1) is 0 Å². The van der Waals surface area contributed by atoms with Crippen molar-refractivity contribution in [2.75, 3.05) is 26.7 Å². The minimum absolute atomic E-state index is 0.736. The zero-order chi connectivity index (χ0) is 9.82. The van der Waals surface area contributed by atoms with E-state index >= 15 is 0 Å². The van der Waals surface area contributed by atoms with E-state index in [1.807, 2.05) is 13.8 Å². The highest BCUT2D eigenvalue weighted by molar-refractivity contribution is 5.45. The minimum Gasteiger partial charge on any atom is -0.357 e. The molecule has 0 aliphatic heterocycles. The quantitative estimate of drug-likeness (QED) is 0.483. The third-order valence-corrected chi connectivity index (χ3v) is 1.33. The minimum atomic E-state index is 0.736. The molecule has 0 fully saturated rings. The monoisotopic (exact) mass is 174 g/mol. The highest BCUT2D eigenvalue weighted by Crippen LogP contribution is 1.82. The van der Waals surface area contributed by atoms with Crippen LogP contribution in [0.3, 0.4) is 0 Å². The summed E-state index contributed by atoms with van der Waals surface area (Å²) < 4.78 is 0. The molecule has 0 spiro atoms. The summed E-state index contributed by atoms with van der Waals surface area (Å²) in [6.45, 7) is 8.93. The van der Waals surface area contributed by atoms with Crippen LogP contribution < -0.4 is 5.32 Å². The Hall–Kier alpha value is -0.570. The van der Waals surface area contributed by atoms with Gasteiger partial charge in [0.2, 0.25) is 6.41 Å². The second kappa shape index (κ2) is 13.1. The summed E-state index contributed by atoms with van der Waals surface area (Å²) in [4.78, 5) is 12.0. The molecule has 0 aliphatic carbocycles. The van der Waals surface area contributed by atoms with Crippen LogP contribution >= 0.6 is 0 Å². The summed E-state index contributed by atoms with van der Waals surface area (Å²) in [5.41, 5.74) is 0. The van der Waals surface area contributed by atoms with Crippen LogP contribution in [0.25, 0.3) is 0 Å². The van der Waals surface area contributed by atoms with Crippen LogP contribution in [0.4, 0.5) is 0 Å². The molecular formula is C9H22N2O. The summed E-state index contributed by atoms with van der Waals surface area (Å²) in [5, 5.41) is 2.62. The van der Waals surface area contributed by atoms with Gasteiger partial charge in [-0.2, -0.15) is 0 Å². The second-order valence-electron chi connectivity index (χ2n) is 2.38. The van der Waals surface area contributed by atoms with E-state index in [1.165, 1.54) is 0 Å². The van der Waals surface area contributed by atoms with Gasteiger partial charge in [-0.1, -0.05) is 20.8 Å². The first-order valence-electron chi connectivity index (χ1n) is 4.66. The fraction of sp³-hybridized carbons (Fsp3) is 0.889. The van der Waals surface area contributed by atoms with Gasteiger partial charge in [0, 0.05) is 13.1 Å². The number of amides is 1. The maximum atomic E-state index is 9.81. The lowest BCUT2D eigenvalue weighted by atomic mass is 10.4. The van der Waals surface area contributed by atoms with E-state index in [-0.39, 0.29) is 0 Å². The molecule has 0 saturated heterocycles. The molecule has 0 aromatic heterocycles. The molecule has 0 saturated carbocycles. The van der Waals surface area contributed by atoms with Gasteiger partial charge in [-0.05, 0) is 20.0 Å². The number of hydrogen-bond donors (Lipinski definition) is 1. The van der Waals surface area contributed by atoms with Crippen molar-refractivity contribution in [1.29, 1.82) is 0 Å². The molecule has 1 N–H and O–H groups in total. The fourth-order valence-electron chi connectivity index (χ4n) is 0.808. The zero-order valence-corrected chi connectivity index (χ0v) is 8.76. The third-order valence-electron chi connectivity index (χ3n) is 1.33. The molecule has 3 nitrogen and oxygen atoms in total. The summed E-state index contributed by atoms with van der Waals surface area (Å²) in [7, 11) is 2.05. The molecule has 12 heavy (non-hydrogen) atoms. The lowest BCUT2D eigenvalue weighted by Crippen LogP contribution is -2.28. The lowest BCUT2D eigenvalue weighted by molar-refractivity contribution is -0.109. The first kappa shape index (κ1) is 14.0. The van der Waals surface area contributed by atoms with Crippen molar-refractivity contribution in [2.45, 2.75) is 27.2 Å². The first-order valence-corrected chi connectivity index (χ1v) is 4.66. The Bertz CT molecular complexity index is 86.6. The maximum Gasteiger partial charge on any atom is 0.207 e. The van der Waals surface area contributed by atoms with Crippen molar-refractivity contribution in [3.63, 3.8) is 0 Å². The highest BCUT2D eigenvalue weighted by atomic mass is 16.1. The number of nitrogens with one attached hydrogen (secondary N) is 1. The van der Waals surface area contributed by atoms with E-state index in [2.05, 4.69) is 24.2 Å². The van der Waals surface area contributed by atoms with Gasteiger partial charge in [-0.25, -0.2) is 0 Å². The van der Waals surface area contributed by atoms with Crippen LogP contribution in [0.15, 0.2) is 0 Å². The van der Waals surface area contributed by atoms with E-state index in [0.717, 1.165) is 32.5 Å². The molecule has 0 heterocycles. The van der Waals surface area contributed by atoms with Gasteiger partial charge >= 0.3 is 0 Å². The Morgan fingerprint density at radius 1 is 1.33 bits per heavy atom. The molecular weight excluding hydrogens is 152 g/mol. The normalized spacial score (nSPS) is 8.75. The Kier molecular flexibility index (Phi) is 15.2. The van der Waals surface area contributed by atoms with Crippen LogP contribution in [-0.4, -0.2) is 38.0 Å². The van der Waals surface area contributed by atoms with Crippen LogP contribution in [0.1, 0.15) is 27.2 Å². The maximum absolute atomic E-state index is 9.81. The second-order valence-corrected chi connectivity index (χ2v) is 2.38. The van der Waals surface area contributed by atoms with Crippen LogP contribution in [0.2, 0.25) is 0 Å². The zero-order valence-electron chi connectivity index (χ0n) is 8.76. The summed E-state index contributed by atoms with van der Waals surface area (Å²) in [5.74, 6) is 0. The topological polar surface area (TPSA) is 32.3 Å². The molecule has 0 atom stereocenters. The smallest absolute Gasteiger partial charge is 0.207 e. The number of rotatable bonds is 6. The van der Waals surface area contributed by atoms with Crippen molar-refractivity contribution in [3.8, 4) is 0 Å². The van der Waals surface area contributed by atoms with Gasteiger partial charge < -0.3 is 10.2 Å². The Labute approximate surface area is 76.1 Å². The molecule has 0 unspecified atom stereocenters. The van der Waals surface area contributed by atoms with Crippen molar-refractivity contribution in [2.24, 2.45) is 0 Å². The van der Waals surface area contributed by atoms with E-state index in [9.17, 15) is 4.79 Å². The number of carbonyl (C=O) groups is 1. The molecule has 0 aromatic carbocycles. The molecule has 0 aliphatic rings. The number of hydrogen-bond acceptors (Lipinski definition) is 2. The first-order chi connectivity index (χ1) is 5.81. The molecule has 1 amide bonds.